The Morgan fingerprint density at radius 2 is 2.25 bits per heavy atom. The highest BCUT2D eigenvalue weighted by Gasteiger charge is 2.29. The zero-order valence-electron chi connectivity index (χ0n) is 12.2. The minimum Gasteiger partial charge on any atom is -0.496 e. The lowest BCUT2D eigenvalue weighted by Gasteiger charge is -2.29. The van der Waals surface area contributed by atoms with Gasteiger partial charge >= 0.3 is 0 Å². The molecule has 1 atom stereocenters. The summed E-state index contributed by atoms with van der Waals surface area (Å²) in [6, 6.07) is 4.45. The first-order valence-electron chi connectivity index (χ1n) is 7.35. The number of hydrogen-bond acceptors (Lipinski definition) is 2. The quantitative estimate of drug-likeness (QED) is 0.790. The third-order valence-electron chi connectivity index (χ3n) is 4.58. The van der Waals surface area contributed by atoms with Gasteiger partial charge in [0.1, 0.15) is 5.75 Å². The van der Waals surface area contributed by atoms with Crippen molar-refractivity contribution in [2.24, 2.45) is 0 Å². The van der Waals surface area contributed by atoms with Gasteiger partial charge in [0.2, 0.25) is 0 Å². The maximum Gasteiger partial charge on any atom is 0.122 e. The summed E-state index contributed by atoms with van der Waals surface area (Å²) in [5, 5.41) is 0. The molecule has 110 valence electrons. The zero-order valence-corrected chi connectivity index (χ0v) is 13.0. The number of nitrogens with zero attached hydrogens (tertiary/aromatic N) is 1. The molecule has 1 aliphatic heterocycles. The van der Waals surface area contributed by atoms with Crippen LogP contribution in [0.5, 0.6) is 5.75 Å². The first-order valence-corrected chi connectivity index (χ1v) is 7.35. The molecular formula is C17H24ClNO. The van der Waals surface area contributed by atoms with Crippen molar-refractivity contribution in [3.05, 3.63) is 41.5 Å². The molecule has 1 unspecified atom stereocenters. The van der Waals surface area contributed by atoms with Gasteiger partial charge in [-0.1, -0.05) is 12.1 Å². The van der Waals surface area contributed by atoms with Crippen molar-refractivity contribution in [1.29, 1.82) is 0 Å². The van der Waals surface area contributed by atoms with Crippen LogP contribution in [0.25, 0.3) is 0 Å². The van der Waals surface area contributed by atoms with Crippen molar-refractivity contribution in [3.63, 3.8) is 0 Å². The molecule has 2 nitrogen and oxygen atoms in total. The van der Waals surface area contributed by atoms with E-state index in [1.54, 1.807) is 18.2 Å². The predicted molar refractivity (Wildman–Crippen MR) is 86.3 cm³/mol. The Labute approximate surface area is 128 Å². The van der Waals surface area contributed by atoms with Gasteiger partial charge in [0.05, 0.1) is 7.11 Å². The van der Waals surface area contributed by atoms with Gasteiger partial charge in [0.15, 0.2) is 0 Å². The van der Waals surface area contributed by atoms with Crippen molar-refractivity contribution in [2.45, 2.75) is 31.6 Å². The van der Waals surface area contributed by atoms with Crippen molar-refractivity contribution in [1.82, 2.24) is 4.90 Å². The van der Waals surface area contributed by atoms with Crippen LogP contribution in [0.2, 0.25) is 0 Å². The fraction of sp³-hybridized carbons (Fsp3) is 0.529. The molecule has 0 aromatic heterocycles. The first-order chi connectivity index (χ1) is 9.33. The monoisotopic (exact) mass is 293 g/mol. The lowest BCUT2D eigenvalue weighted by molar-refractivity contribution is 0.285. The smallest absolute Gasteiger partial charge is 0.122 e. The Bertz CT molecular complexity index is 486. The SMILES string of the molecule is C=CCN1CCc2c(OC)ccc3c2C(CCC3)C1.Cl. The van der Waals surface area contributed by atoms with Gasteiger partial charge in [-0.05, 0) is 54.4 Å². The van der Waals surface area contributed by atoms with Crippen molar-refractivity contribution < 1.29 is 4.74 Å². The highest BCUT2D eigenvalue weighted by atomic mass is 35.5. The lowest BCUT2D eigenvalue weighted by atomic mass is 9.80. The molecule has 1 aromatic rings. The van der Waals surface area contributed by atoms with Crippen LogP contribution >= 0.6 is 12.4 Å². The molecule has 1 heterocycles. The molecule has 3 heteroatoms. The fourth-order valence-corrected chi connectivity index (χ4v) is 3.76. The molecule has 1 aromatic carbocycles. The second-order valence-corrected chi connectivity index (χ2v) is 5.71. The van der Waals surface area contributed by atoms with Gasteiger partial charge in [-0.2, -0.15) is 0 Å². The second-order valence-electron chi connectivity index (χ2n) is 5.71. The predicted octanol–water partition coefficient (Wildman–Crippen LogP) is 3.58. The van der Waals surface area contributed by atoms with Crippen LogP contribution in [-0.2, 0) is 12.8 Å². The molecule has 0 fully saturated rings. The number of rotatable bonds is 3. The Morgan fingerprint density at radius 1 is 1.40 bits per heavy atom. The summed E-state index contributed by atoms with van der Waals surface area (Å²) in [4.78, 5) is 2.53. The summed E-state index contributed by atoms with van der Waals surface area (Å²) in [5.41, 5.74) is 4.64. The zero-order chi connectivity index (χ0) is 13.2. The van der Waals surface area contributed by atoms with Crippen molar-refractivity contribution in [3.8, 4) is 5.75 Å². The molecule has 3 rings (SSSR count). The summed E-state index contributed by atoms with van der Waals surface area (Å²) in [5.74, 6) is 1.78. The van der Waals surface area contributed by atoms with Crippen LogP contribution in [0.4, 0.5) is 0 Å². The molecule has 0 amide bonds. The molecule has 0 saturated heterocycles. The van der Waals surface area contributed by atoms with Gasteiger partial charge in [0, 0.05) is 19.6 Å². The summed E-state index contributed by atoms with van der Waals surface area (Å²) < 4.78 is 5.60. The lowest BCUT2D eigenvalue weighted by Crippen LogP contribution is -2.29. The van der Waals surface area contributed by atoms with Crippen molar-refractivity contribution >= 4 is 12.4 Å². The number of benzene rings is 1. The van der Waals surface area contributed by atoms with Gasteiger partial charge in [-0.3, -0.25) is 4.90 Å². The van der Waals surface area contributed by atoms with Gasteiger partial charge < -0.3 is 4.74 Å². The van der Waals surface area contributed by atoms with E-state index in [0.717, 1.165) is 25.3 Å². The van der Waals surface area contributed by atoms with E-state index in [1.807, 2.05) is 6.08 Å². The molecule has 0 radical (unpaired) electrons. The summed E-state index contributed by atoms with van der Waals surface area (Å²) in [7, 11) is 1.79. The summed E-state index contributed by atoms with van der Waals surface area (Å²) in [6.07, 6.45) is 7.02. The Kier molecular flexibility index (Phi) is 5.11. The van der Waals surface area contributed by atoms with Crippen LogP contribution in [0.1, 0.15) is 35.4 Å². The van der Waals surface area contributed by atoms with E-state index in [2.05, 4.69) is 23.6 Å². The molecule has 2 aliphatic rings. The van der Waals surface area contributed by atoms with Crippen LogP contribution in [0.15, 0.2) is 24.8 Å². The summed E-state index contributed by atoms with van der Waals surface area (Å²) in [6.45, 7) is 7.19. The molecule has 0 spiro atoms. The molecule has 20 heavy (non-hydrogen) atoms. The number of methoxy groups -OCH3 is 1. The normalized spacial score (nSPS) is 21.4. The number of ether oxygens (including phenoxy) is 1. The van der Waals surface area contributed by atoms with Crippen molar-refractivity contribution in [2.75, 3.05) is 26.7 Å². The van der Waals surface area contributed by atoms with Crippen LogP contribution in [-0.4, -0.2) is 31.6 Å². The Balaban J connectivity index is 0.00000147. The maximum absolute atomic E-state index is 5.60. The molecule has 0 bridgehead atoms. The van der Waals surface area contributed by atoms with Crippen LogP contribution in [0.3, 0.4) is 0 Å². The van der Waals surface area contributed by atoms with E-state index in [9.17, 15) is 0 Å². The van der Waals surface area contributed by atoms with Crippen LogP contribution < -0.4 is 4.74 Å². The van der Waals surface area contributed by atoms with E-state index in [1.165, 1.54) is 31.4 Å². The van der Waals surface area contributed by atoms with E-state index in [4.69, 9.17) is 4.74 Å². The standard InChI is InChI=1S/C17H23NO.ClH/c1-3-10-18-11-9-15-16(19-2)8-7-13-5-4-6-14(12-18)17(13)15;/h3,7-8,14H,1,4-6,9-12H2,2H3;1H. The van der Waals surface area contributed by atoms with Gasteiger partial charge in [-0.25, -0.2) is 0 Å². The first kappa shape index (κ1) is 15.4. The van der Waals surface area contributed by atoms with Gasteiger partial charge in [0.25, 0.3) is 0 Å². The highest BCUT2D eigenvalue weighted by Crippen LogP contribution is 2.40. The number of aryl methyl sites for hydroxylation is 1. The minimum absolute atomic E-state index is 0. The molecular weight excluding hydrogens is 270 g/mol. The maximum atomic E-state index is 5.60. The van der Waals surface area contributed by atoms with Gasteiger partial charge in [-0.15, -0.1) is 19.0 Å². The number of hydrogen-bond donors (Lipinski definition) is 0. The van der Waals surface area contributed by atoms with E-state index in [0.29, 0.717) is 5.92 Å². The summed E-state index contributed by atoms with van der Waals surface area (Å²) >= 11 is 0. The Hall–Kier alpha value is -0.990. The van der Waals surface area contributed by atoms with E-state index < -0.39 is 0 Å². The largest absolute Gasteiger partial charge is 0.496 e. The average molecular weight is 294 g/mol. The number of halogens is 1. The fourth-order valence-electron chi connectivity index (χ4n) is 3.76. The topological polar surface area (TPSA) is 12.5 Å². The van der Waals surface area contributed by atoms with Crippen LogP contribution in [0, 0.1) is 0 Å². The minimum atomic E-state index is 0. The highest BCUT2D eigenvalue weighted by molar-refractivity contribution is 5.85. The Morgan fingerprint density at radius 3 is 3.00 bits per heavy atom. The molecule has 0 N–H and O–H groups in total. The third kappa shape index (κ3) is 2.72. The average Bonchev–Trinajstić information content (AvgIpc) is 2.62. The third-order valence-corrected chi connectivity index (χ3v) is 4.58. The van der Waals surface area contributed by atoms with E-state index in [-0.39, 0.29) is 12.4 Å². The molecule has 0 saturated carbocycles. The van der Waals surface area contributed by atoms with E-state index >= 15 is 0 Å². The molecule has 1 aliphatic carbocycles. The second kappa shape index (κ2) is 6.64.